The maximum Gasteiger partial charge on any atom is 0.323 e. The van der Waals surface area contributed by atoms with Crippen molar-refractivity contribution < 1.29 is 9.53 Å². The summed E-state index contributed by atoms with van der Waals surface area (Å²) in [7, 11) is 1.46. The van der Waals surface area contributed by atoms with E-state index in [2.05, 4.69) is 45.7 Å². The summed E-state index contributed by atoms with van der Waals surface area (Å²) in [4.78, 5) is 12.5. The molecule has 0 bridgehead atoms. The monoisotopic (exact) mass is 446 g/mol. The molecule has 0 fully saturated rings. The fourth-order valence-electron chi connectivity index (χ4n) is 3.77. The standard InChI is InChI=1S/C24H38N4O2S/c1-3-4-5-6-7-8-9-10-11-12-15-20-16-13-14-17-21(20)23(24(29)30-2)31-19-18-22-25-27-28-26-22/h13-14,16-17,23H,3-12,15,18-19H2,1-2H3,(H,25,26,27,28). The molecule has 1 unspecified atom stereocenters. The van der Waals surface area contributed by atoms with Gasteiger partial charge in [-0.05, 0) is 24.0 Å². The van der Waals surface area contributed by atoms with E-state index < -0.39 is 0 Å². The molecular formula is C24H38N4O2S. The SMILES string of the molecule is CCCCCCCCCCCCc1ccccc1C(SCCc1nn[nH]n1)C(=O)OC. The number of aromatic amines is 1. The summed E-state index contributed by atoms with van der Waals surface area (Å²) in [6.45, 7) is 2.26. The van der Waals surface area contributed by atoms with Crippen LogP contribution >= 0.6 is 11.8 Å². The zero-order chi connectivity index (χ0) is 22.2. The number of hydrogen-bond donors (Lipinski definition) is 1. The fraction of sp³-hybridized carbons (Fsp3) is 0.667. The number of nitrogens with one attached hydrogen (secondary N) is 1. The second-order valence-corrected chi connectivity index (χ2v) is 9.20. The van der Waals surface area contributed by atoms with Crippen LogP contribution < -0.4 is 0 Å². The van der Waals surface area contributed by atoms with Crippen LogP contribution in [0.2, 0.25) is 0 Å². The molecule has 0 aliphatic rings. The van der Waals surface area contributed by atoms with E-state index in [-0.39, 0.29) is 11.2 Å². The van der Waals surface area contributed by atoms with Gasteiger partial charge in [-0.2, -0.15) is 5.21 Å². The number of unbranched alkanes of at least 4 members (excludes halogenated alkanes) is 9. The van der Waals surface area contributed by atoms with Crippen LogP contribution in [0.15, 0.2) is 24.3 Å². The zero-order valence-corrected chi connectivity index (χ0v) is 20.0. The molecule has 6 nitrogen and oxygen atoms in total. The molecule has 31 heavy (non-hydrogen) atoms. The molecule has 0 radical (unpaired) electrons. The molecule has 0 saturated heterocycles. The number of aryl methyl sites for hydroxylation is 2. The van der Waals surface area contributed by atoms with Crippen molar-refractivity contribution in [3.05, 3.63) is 41.2 Å². The van der Waals surface area contributed by atoms with Crippen molar-refractivity contribution in [2.75, 3.05) is 12.9 Å². The van der Waals surface area contributed by atoms with Crippen molar-refractivity contribution in [3.63, 3.8) is 0 Å². The number of esters is 1. The Morgan fingerprint density at radius 1 is 1.00 bits per heavy atom. The van der Waals surface area contributed by atoms with E-state index in [0.717, 1.165) is 24.2 Å². The molecule has 1 heterocycles. The zero-order valence-electron chi connectivity index (χ0n) is 19.1. The lowest BCUT2D eigenvalue weighted by Crippen LogP contribution is -2.14. The molecule has 1 aromatic carbocycles. The number of ether oxygens (including phenoxy) is 1. The second kappa shape index (κ2) is 15.8. The fourth-order valence-corrected chi connectivity index (χ4v) is 4.95. The van der Waals surface area contributed by atoms with Crippen LogP contribution in [0, 0.1) is 0 Å². The Kier molecular flexibility index (Phi) is 13.0. The van der Waals surface area contributed by atoms with Gasteiger partial charge in [0.25, 0.3) is 0 Å². The predicted octanol–water partition coefficient (Wildman–Crippen LogP) is 5.85. The number of carbonyl (C=O) groups is 1. The first-order valence-electron chi connectivity index (χ1n) is 11.8. The number of aromatic nitrogens is 4. The smallest absolute Gasteiger partial charge is 0.323 e. The average Bonchev–Trinajstić information content (AvgIpc) is 3.31. The average molecular weight is 447 g/mol. The summed E-state index contributed by atoms with van der Waals surface area (Å²) >= 11 is 1.58. The van der Waals surface area contributed by atoms with Gasteiger partial charge in [-0.25, -0.2) is 0 Å². The highest BCUT2D eigenvalue weighted by molar-refractivity contribution is 8.00. The topological polar surface area (TPSA) is 80.8 Å². The third kappa shape index (κ3) is 9.85. The molecule has 1 N–H and O–H groups in total. The Morgan fingerprint density at radius 2 is 1.68 bits per heavy atom. The van der Waals surface area contributed by atoms with E-state index in [4.69, 9.17) is 4.74 Å². The molecule has 1 atom stereocenters. The highest BCUT2D eigenvalue weighted by Gasteiger charge is 2.24. The van der Waals surface area contributed by atoms with E-state index in [1.807, 2.05) is 6.07 Å². The van der Waals surface area contributed by atoms with Crippen LogP contribution in [0.3, 0.4) is 0 Å². The molecule has 0 aliphatic heterocycles. The molecule has 0 saturated carbocycles. The van der Waals surface area contributed by atoms with E-state index in [1.54, 1.807) is 11.8 Å². The summed E-state index contributed by atoms with van der Waals surface area (Å²) in [6, 6.07) is 8.29. The van der Waals surface area contributed by atoms with Gasteiger partial charge in [0.1, 0.15) is 5.25 Å². The Hall–Kier alpha value is -1.89. The van der Waals surface area contributed by atoms with Gasteiger partial charge in [0.15, 0.2) is 5.82 Å². The molecule has 7 heteroatoms. The number of H-pyrrole nitrogens is 1. The molecule has 2 rings (SSSR count). The third-order valence-corrected chi connectivity index (χ3v) is 6.77. The van der Waals surface area contributed by atoms with Gasteiger partial charge >= 0.3 is 5.97 Å². The van der Waals surface area contributed by atoms with Crippen LogP contribution in [0.1, 0.15) is 93.3 Å². The van der Waals surface area contributed by atoms with Crippen LogP contribution in [-0.4, -0.2) is 39.5 Å². The maximum absolute atomic E-state index is 12.5. The summed E-state index contributed by atoms with van der Waals surface area (Å²) in [5.41, 5.74) is 2.33. The van der Waals surface area contributed by atoms with Crippen molar-refractivity contribution in [1.82, 2.24) is 20.6 Å². The van der Waals surface area contributed by atoms with Crippen LogP contribution in [0.25, 0.3) is 0 Å². The van der Waals surface area contributed by atoms with E-state index >= 15 is 0 Å². The highest BCUT2D eigenvalue weighted by Crippen LogP contribution is 2.33. The molecule has 0 amide bonds. The van der Waals surface area contributed by atoms with Gasteiger partial charge in [-0.15, -0.1) is 22.0 Å². The second-order valence-electron chi connectivity index (χ2n) is 7.98. The first-order chi connectivity index (χ1) is 15.3. The Balaban J connectivity index is 1.78. The number of thioether (sulfide) groups is 1. The van der Waals surface area contributed by atoms with Crippen LogP contribution in [0.5, 0.6) is 0 Å². The van der Waals surface area contributed by atoms with E-state index in [1.165, 1.54) is 70.5 Å². The van der Waals surface area contributed by atoms with Crippen LogP contribution in [0.4, 0.5) is 0 Å². The molecular weight excluding hydrogens is 408 g/mol. The number of hydrogen-bond acceptors (Lipinski definition) is 6. The summed E-state index contributed by atoms with van der Waals surface area (Å²) < 4.78 is 5.10. The van der Waals surface area contributed by atoms with Gasteiger partial charge in [0, 0.05) is 12.2 Å². The number of rotatable bonds is 17. The lowest BCUT2D eigenvalue weighted by atomic mass is 9.98. The van der Waals surface area contributed by atoms with E-state index in [9.17, 15) is 4.79 Å². The molecule has 2 aromatic rings. The lowest BCUT2D eigenvalue weighted by Gasteiger charge is -2.18. The van der Waals surface area contributed by atoms with Crippen molar-refractivity contribution in [3.8, 4) is 0 Å². The normalized spacial score (nSPS) is 12.1. The maximum atomic E-state index is 12.5. The Labute approximate surface area is 191 Å². The number of nitrogens with zero attached hydrogens (tertiary/aromatic N) is 3. The molecule has 1 aromatic heterocycles. The molecule has 0 spiro atoms. The number of tetrazole rings is 1. The molecule has 172 valence electrons. The Bertz CT molecular complexity index is 724. The Morgan fingerprint density at radius 3 is 2.32 bits per heavy atom. The van der Waals surface area contributed by atoms with Gasteiger partial charge in [0.05, 0.1) is 7.11 Å². The summed E-state index contributed by atoms with van der Waals surface area (Å²) in [6.07, 6.45) is 14.9. The number of benzene rings is 1. The summed E-state index contributed by atoms with van der Waals surface area (Å²) in [5.74, 6) is 1.19. The molecule has 0 aliphatic carbocycles. The number of carbonyl (C=O) groups excluding carboxylic acids is 1. The number of methoxy groups -OCH3 is 1. The first kappa shape index (κ1) is 25.4. The minimum Gasteiger partial charge on any atom is -0.468 e. The lowest BCUT2D eigenvalue weighted by molar-refractivity contribution is -0.140. The minimum atomic E-state index is -0.323. The highest BCUT2D eigenvalue weighted by atomic mass is 32.2. The largest absolute Gasteiger partial charge is 0.468 e. The van der Waals surface area contributed by atoms with Crippen molar-refractivity contribution in [2.45, 2.75) is 89.2 Å². The predicted molar refractivity (Wildman–Crippen MR) is 127 cm³/mol. The van der Waals surface area contributed by atoms with Gasteiger partial charge < -0.3 is 4.74 Å². The first-order valence-corrected chi connectivity index (χ1v) is 12.8. The van der Waals surface area contributed by atoms with Crippen LogP contribution in [-0.2, 0) is 22.4 Å². The van der Waals surface area contributed by atoms with Gasteiger partial charge in [-0.3, -0.25) is 4.79 Å². The van der Waals surface area contributed by atoms with Gasteiger partial charge in [0.2, 0.25) is 0 Å². The van der Waals surface area contributed by atoms with Crippen molar-refractivity contribution in [1.29, 1.82) is 0 Å². The van der Waals surface area contributed by atoms with Gasteiger partial charge in [-0.1, -0.05) is 94.2 Å². The van der Waals surface area contributed by atoms with Crippen molar-refractivity contribution >= 4 is 17.7 Å². The van der Waals surface area contributed by atoms with E-state index in [0.29, 0.717) is 12.2 Å². The summed E-state index contributed by atoms with van der Waals surface area (Å²) in [5, 5.41) is 13.7. The van der Waals surface area contributed by atoms with Crippen molar-refractivity contribution in [2.24, 2.45) is 0 Å². The third-order valence-electron chi connectivity index (χ3n) is 5.55. The quantitative estimate of drug-likeness (QED) is 0.242. The minimum absolute atomic E-state index is 0.200.